The van der Waals surface area contributed by atoms with Gasteiger partial charge in [-0.3, -0.25) is 0 Å². The minimum Gasteiger partial charge on any atom is -0.384 e. The molecule has 0 aliphatic rings. The van der Waals surface area contributed by atoms with Gasteiger partial charge in [-0.25, -0.2) is 4.98 Å². The van der Waals surface area contributed by atoms with E-state index in [9.17, 15) is 0 Å². The van der Waals surface area contributed by atoms with E-state index < -0.39 is 0 Å². The van der Waals surface area contributed by atoms with Crippen molar-refractivity contribution in [3.63, 3.8) is 0 Å². The molecule has 2 N–H and O–H groups in total. The Hall–Kier alpha value is -2.61. The molecule has 0 aliphatic carbocycles. The van der Waals surface area contributed by atoms with Gasteiger partial charge in [0.1, 0.15) is 5.82 Å². The maximum Gasteiger partial charge on any atom is 0.124 e. The second-order valence-corrected chi connectivity index (χ2v) is 4.39. The van der Waals surface area contributed by atoms with Gasteiger partial charge >= 0.3 is 0 Å². The van der Waals surface area contributed by atoms with Crippen LogP contribution in [-0.2, 0) is 0 Å². The van der Waals surface area contributed by atoms with E-state index in [2.05, 4.69) is 29.2 Å². The highest BCUT2D eigenvalue weighted by molar-refractivity contribution is 5.71. The van der Waals surface area contributed by atoms with Crippen LogP contribution in [0.4, 0.5) is 5.82 Å². The van der Waals surface area contributed by atoms with Crippen LogP contribution in [0.1, 0.15) is 0 Å². The van der Waals surface area contributed by atoms with E-state index >= 15 is 0 Å². The van der Waals surface area contributed by atoms with E-state index in [1.807, 2.05) is 42.5 Å². The number of hydrogen-bond donors (Lipinski definition) is 1. The highest BCUT2D eigenvalue weighted by Crippen LogP contribution is 2.25. The molecule has 0 bridgehead atoms. The first-order valence-electron chi connectivity index (χ1n) is 6.21. The molecule has 0 unspecified atom stereocenters. The summed E-state index contributed by atoms with van der Waals surface area (Å²) in [4.78, 5) is 4.36. The molecule has 2 aromatic carbocycles. The highest BCUT2D eigenvalue weighted by Gasteiger charge is 2.02. The lowest BCUT2D eigenvalue weighted by Gasteiger charge is -2.06. The van der Waals surface area contributed by atoms with Crippen molar-refractivity contribution in [3.8, 4) is 22.4 Å². The second-order valence-electron chi connectivity index (χ2n) is 4.39. The Morgan fingerprint density at radius 2 is 1.32 bits per heavy atom. The lowest BCUT2D eigenvalue weighted by molar-refractivity contribution is 1.33. The standard InChI is InChI=1S/C17H14N2/c18-17-11-5-10-16(19-17)15-9-4-8-14(12-15)13-6-2-1-3-7-13/h1-12H,(H2,18,19). The third-order valence-electron chi connectivity index (χ3n) is 3.04. The van der Waals surface area contributed by atoms with Gasteiger partial charge in [-0.15, -0.1) is 0 Å². The van der Waals surface area contributed by atoms with Crippen molar-refractivity contribution in [3.05, 3.63) is 72.8 Å². The predicted octanol–water partition coefficient (Wildman–Crippen LogP) is 4.00. The van der Waals surface area contributed by atoms with Gasteiger partial charge in [-0.2, -0.15) is 0 Å². The molecule has 1 heterocycles. The third kappa shape index (κ3) is 2.47. The van der Waals surface area contributed by atoms with Crippen molar-refractivity contribution in [2.75, 3.05) is 5.73 Å². The summed E-state index contributed by atoms with van der Waals surface area (Å²) in [7, 11) is 0. The van der Waals surface area contributed by atoms with E-state index in [1.54, 1.807) is 6.07 Å². The molecule has 0 atom stereocenters. The number of aromatic nitrogens is 1. The minimum absolute atomic E-state index is 0.544. The summed E-state index contributed by atoms with van der Waals surface area (Å²) in [6.45, 7) is 0. The van der Waals surface area contributed by atoms with Crippen LogP contribution in [0, 0.1) is 0 Å². The molecule has 3 aromatic rings. The average Bonchev–Trinajstić information content (AvgIpc) is 2.48. The van der Waals surface area contributed by atoms with Crippen molar-refractivity contribution >= 4 is 5.82 Å². The predicted molar refractivity (Wildman–Crippen MR) is 79.5 cm³/mol. The monoisotopic (exact) mass is 246 g/mol. The van der Waals surface area contributed by atoms with E-state index in [1.165, 1.54) is 11.1 Å². The van der Waals surface area contributed by atoms with Crippen LogP contribution in [0.25, 0.3) is 22.4 Å². The highest BCUT2D eigenvalue weighted by atomic mass is 14.8. The van der Waals surface area contributed by atoms with Crippen LogP contribution in [0.3, 0.4) is 0 Å². The van der Waals surface area contributed by atoms with Crippen LogP contribution in [0.2, 0.25) is 0 Å². The summed E-state index contributed by atoms with van der Waals surface area (Å²) < 4.78 is 0. The molecule has 0 aliphatic heterocycles. The van der Waals surface area contributed by atoms with Gasteiger partial charge in [0.15, 0.2) is 0 Å². The van der Waals surface area contributed by atoms with Gasteiger partial charge in [-0.1, -0.05) is 54.6 Å². The Kier molecular flexibility index (Phi) is 2.99. The third-order valence-corrected chi connectivity index (χ3v) is 3.04. The Labute approximate surface area is 112 Å². The van der Waals surface area contributed by atoms with Crippen LogP contribution in [-0.4, -0.2) is 4.98 Å². The normalized spacial score (nSPS) is 10.3. The molecule has 2 heteroatoms. The van der Waals surface area contributed by atoms with Gasteiger partial charge in [-0.05, 0) is 29.3 Å². The molecule has 0 fully saturated rings. The fourth-order valence-corrected chi connectivity index (χ4v) is 2.10. The fraction of sp³-hybridized carbons (Fsp3) is 0. The maximum atomic E-state index is 5.73. The van der Waals surface area contributed by atoms with E-state index in [0.29, 0.717) is 5.82 Å². The molecule has 0 amide bonds. The lowest BCUT2D eigenvalue weighted by Crippen LogP contribution is -1.91. The Morgan fingerprint density at radius 3 is 2.11 bits per heavy atom. The van der Waals surface area contributed by atoms with Gasteiger partial charge in [0.25, 0.3) is 0 Å². The molecule has 92 valence electrons. The summed E-state index contributed by atoms with van der Waals surface area (Å²) >= 11 is 0. The van der Waals surface area contributed by atoms with Gasteiger partial charge in [0, 0.05) is 5.56 Å². The van der Waals surface area contributed by atoms with Crippen molar-refractivity contribution in [2.45, 2.75) is 0 Å². The van der Waals surface area contributed by atoms with Crippen LogP contribution < -0.4 is 5.73 Å². The van der Waals surface area contributed by atoms with Crippen molar-refractivity contribution in [2.24, 2.45) is 0 Å². The van der Waals surface area contributed by atoms with E-state index in [-0.39, 0.29) is 0 Å². The molecule has 0 radical (unpaired) electrons. The molecule has 0 saturated heterocycles. The van der Waals surface area contributed by atoms with Crippen LogP contribution in [0.15, 0.2) is 72.8 Å². The minimum atomic E-state index is 0.544. The topological polar surface area (TPSA) is 38.9 Å². The fourth-order valence-electron chi connectivity index (χ4n) is 2.10. The zero-order chi connectivity index (χ0) is 13.1. The zero-order valence-electron chi connectivity index (χ0n) is 10.5. The van der Waals surface area contributed by atoms with Crippen molar-refractivity contribution in [1.29, 1.82) is 0 Å². The first-order chi connectivity index (χ1) is 9.33. The largest absolute Gasteiger partial charge is 0.384 e. The summed E-state index contributed by atoms with van der Waals surface area (Å²) in [5.74, 6) is 0.544. The molecule has 0 saturated carbocycles. The van der Waals surface area contributed by atoms with Crippen molar-refractivity contribution in [1.82, 2.24) is 4.98 Å². The smallest absolute Gasteiger partial charge is 0.124 e. The van der Waals surface area contributed by atoms with E-state index in [4.69, 9.17) is 5.73 Å². The Morgan fingerprint density at radius 1 is 0.632 bits per heavy atom. The van der Waals surface area contributed by atoms with Crippen molar-refractivity contribution < 1.29 is 0 Å². The van der Waals surface area contributed by atoms with Gasteiger partial charge in [0.05, 0.1) is 5.69 Å². The zero-order valence-corrected chi connectivity index (χ0v) is 10.5. The number of pyridine rings is 1. The Balaban J connectivity index is 2.06. The lowest BCUT2D eigenvalue weighted by atomic mass is 10.0. The van der Waals surface area contributed by atoms with Gasteiger partial charge in [0.2, 0.25) is 0 Å². The number of anilines is 1. The number of nitrogen functional groups attached to an aromatic ring is 1. The quantitative estimate of drug-likeness (QED) is 0.742. The first-order valence-corrected chi connectivity index (χ1v) is 6.21. The van der Waals surface area contributed by atoms with Gasteiger partial charge < -0.3 is 5.73 Å². The Bertz CT molecular complexity index is 690. The summed E-state index contributed by atoms with van der Waals surface area (Å²) in [6, 6.07) is 24.3. The molecule has 19 heavy (non-hydrogen) atoms. The number of rotatable bonds is 2. The molecule has 2 nitrogen and oxygen atoms in total. The number of nitrogens with two attached hydrogens (primary N) is 1. The first kappa shape index (κ1) is 11.5. The number of nitrogens with zero attached hydrogens (tertiary/aromatic N) is 1. The maximum absolute atomic E-state index is 5.73. The number of benzene rings is 2. The number of hydrogen-bond acceptors (Lipinski definition) is 2. The molecule has 3 rings (SSSR count). The van der Waals surface area contributed by atoms with E-state index in [0.717, 1.165) is 11.3 Å². The van der Waals surface area contributed by atoms with Crippen LogP contribution >= 0.6 is 0 Å². The summed E-state index contributed by atoms with van der Waals surface area (Å²) in [6.07, 6.45) is 0. The van der Waals surface area contributed by atoms with Crippen LogP contribution in [0.5, 0.6) is 0 Å². The molecule has 1 aromatic heterocycles. The summed E-state index contributed by atoms with van der Waals surface area (Å²) in [5, 5.41) is 0. The molecule has 0 spiro atoms. The SMILES string of the molecule is Nc1cccc(-c2cccc(-c3ccccc3)c2)n1. The average molecular weight is 246 g/mol. The molecular weight excluding hydrogens is 232 g/mol. The second kappa shape index (κ2) is 4.94. The molecular formula is C17H14N2. The summed E-state index contributed by atoms with van der Waals surface area (Å²) in [5.41, 5.74) is 10.1.